The van der Waals surface area contributed by atoms with Crippen molar-refractivity contribution in [3.05, 3.63) is 24.5 Å². The molecular weight excluding hydrogens is 332 g/mol. The topological polar surface area (TPSA) is 84.4 Å². The van der Waals surface area contributed by atoms with Gasteiger partial charge in [-0.15, -0.1) is 5.10 Å². The highest BCUT2D eigenvalue weighted by molar-refractivity contribution is 5.59. The van der Waals surface area contributed by atoms with Crippen molar-refractivity contribution in [2.24, 2.45) is 0 Å². The molecule has 1 aliphatic heterocycles. The highest BCUT2D eigenvalue weighted by Crippen LogP contribution is 2.29. The Morgan fingerprint density at radius 3 is 2.73 bits per heavy atom. The van der Waals surface area contributed by atoms with Crippen molar-refractivity contribution in [1.82, 2.24) is 20.1 Å². The van der Waals surface area contributed by atoms with E-state index in [0.29, 0.717) is 29.7 Å². The summed E-state index contributed by atoms with van der Waals surface area (Å²) < 4.78 is 11.3. The molecular formula is C18H26N6O2. The first-order valence-electron chi connectivity index (χ1n) is 8.95. The molecule has 140 valence electrons. The fraction of sp³-hybridized carbons (Fsp3) is 0.500. The average molecular weight is 358 g/mol. The van der Waals surface area contributed by atoms with Crippen LogP contribution in [0.4, 0.5) is 17.3 Å². The number of anilines is 3. The van der Waals surface area contributed by atoms with Crippen LogP contribution < -0.4 is 20.1 Å². The van der Waals surface area contributed by atoms with E-state index in [2.05, 4.69) is 30.7 Å². The van der Waals surface area contributed by atoms with E-state index in [1.54, 1.807) is 19.5 Å². The van der Waals surface area contributed by atoms with Crippen molar-refractivity contribution >= 4 is 17.3 Å². The standard InChI is InChI=1S/C18H26N6O2/c1-19-14-10-18(23-21-12-14)22-17-11-15(16(25-2)13-20-17)26-9-5-8-24-6-3-4-7-24/h10-13H,3-9H2,1-2H3,(H2,19,20,22,23). The fourth-order valence-corrected chi connectivity index (χ4v) is 2.93. The lowest BCUT2D eigenvalue weighted by Gasteiger charge is -2.16. The highest BCUT2D eigenvalue weighted by Gasteiger charge is 2.12. The van der Waals surface area contributed by atoms with Gasteiger partial charge >= 0.3 is 0 Å². The van der Waals surface area contributed by atoms with Crippen LogP contribution in [-0.2, 0) is 0 Å². The van der Waals surface area contributed by atoms with Gasteiger partial charge in [0.2, 0.25) is 0 Å². The maximum Gasteiger partial charge on any atom is 0.179 e. The summed E-state index contributed by atoms with van der Waals surface area (Å²) in [6.07, 6.45) is 6.91. The van der Waals surface area contributed by atoms with E-state index in [0.717, 1.165) is 18.7 Å². The Morgan fingerprint density at radius 1 is 1.12 bits per heavy atom. The summed E-state index contributed by atoms with van der Waals surface area (Å²) in [5, 5.41) is 14.2. The number of rotatable bonds is 9. The molecule has 2 N–H and O–H groups in total. The summed E-state index contributed by atoms with van der Waals surface area (Å²) >= 11 is 0. The molecule has 0 saturated carbocycles. The molecule has 1 fully saturated rings. The third kappa shape index (κ3) is 4.95. The molecule has 2 aromatic rings. The van der Waals surface area contributed by atoms with Crippen LogP contribution in [0.2, 0.25) is 0 Å². The summed E-state index contributed by atoms with van der Waals surface area (Å²) in [7, 11) is 3.45. The zero-order valence-electron chi connectivity index (χ0n) is 15.4. The molecule has 0 unspecified atom stereocenters. The molecule has 0 amide bonds. The van der Waals surface area contributed by atoms with Crippen LogP contribution in [0.25, 0.3) is 0 Å². The number of pyridine rings is 1. The Morgan fingerprint density at radius 2 is 1.96 bits per heavy atom. The molecule has 0 bridgehead atoms. The van der Waals surface area contributed by atoms with Gasteiger partial charge in [0.25, 0.3) is 0 Å². The van der Waals surface area contributed by atoms with E-state index in [1.165, 1.54) is 25.9 Å². The molecule has 3 rings (SSSR count). The Kier molecular flexibility index (Phi) is 6.43. The van der Waals surface area contributed by atoms with Gasteiger partial charge < -0.3 is 25.0 Å². The number of nitrogens with zero attached hydrogens (tertiary/aromatic N) is 4. The lowest BCUT2D eigenvalue weighted by atomic mass is 10.3. The number of methoxy groups -OCH3 is 1. The van der Waals surface area contributed by atoms with Crippen molar-refractivity contribution in [3.8, 4) is 11.5 Å². The molecule has 3 heterocycles. The lowest BCUT2D eigenvalue weighted by molar-refractivity contribution is 0.254. The zero-order valence-corrected chi connectivity index (χ0v) is 15.4. The number of hydrogen-bond acceptors (Lipinski definition) is 8. The number of likely N-dealkylation sites (tertiary alicyclic amines) is 1. The normalized spacial score (nSPS) is 14.2. The van der Waals surface area contributed by atoms with Crippen LogP contribution in [0.5, 0.6) is 11.5 Å². The summed E-state index contributed by atoms with van der Waals surface area (Å²) in [6.45, 7) is 4.13. The third-order valence-electron chi connectivity index (χ3n) is 4.33. The second-order valence-corrected chi connectivity index (χ2v) is 6.18. The third-order valence-corrected chi connectivity index (χ3v) is 4.33. The second-order valence-electron chi connectivity index (χ2n) is 6.18. The van der Waals surface area contributed by atoms with Crippen LogP contribution >= 0.6 is 0 Å². The van der Waals surface area contributed by atoms with Crippen LogP contribution in [0, 0.1) is 0 Å². The van der Waals surface area contributed by atoms with Crippen molar-refractivity contribution in [2.75, 3.05) is 51.0 Å². The number of ether oxygens (including phenoxy) is 2. The fourth-order valence-electron chi connectivity index (χ4n) is 2.93. The second kappa shape index (κ2) is 9.19. The highest BCUT2D eigenvalue weighted by atomic mass is 16.5. The minimum Gasteiger partial charge on any atom is -0.491 e. The molecule has 8 nitrogen and oxygen atoms in total. The lowest BCUT2D eigenvalue weighted by Crippen LogP contribution is -2.21. The SMILES string of the molecule is CNc1cnnc(Nc2cc(OCCCN3CCCC3)c(OC)cn2)c1. The van der Waals surface area contributed by atoms with E-state index >= 15 is 0 Å². The van der Waals surface area contributed by atoms with E-state index in [9.17, 15) is 0 Å². The maximum atomic E-state index is 5.93. The van der Waals surface area contributed by atoms with Gasteiger partial charge in [0.15, 0.2) is 17.3 Å². The average Bonchev–Trinajstić information content (AvgIpc) is 3.19. The molecule has 1 saturated heterocycles. The first kappa shape index (κ1) is 18.2. The Hall–Kier alpha value is -2.61. The van der Waals surface area contributed by atoms with Crippen LogP contribution in [0.3, 0.4) is 0 Å². The summed E-state index contributed by atoms with van der Waals surface area (Å²) in [6, 6.07) is 3.68. The van der Waals surface area contributed by atoms with Gasteiger partial charge in [0, 0.05) is 25.7 Å². The Labute approximate surface area is 153 Å². The van der Waals surface area contributed by atoms with Crippen LogP contribution in [-0.4, -0.2) is 60.5 Å². The smallest absolute Gasteiger partial charge is 0.179 e. The van der Waals surface area contributed by atoms with Gasteiger partial charge in [-0.2, -0.15) is 5.10 Å². The van der Waals surface area contributed by atoms with Crippen LogP contribution in [0.15, 0.2) is 24.5 Å². The van der Waals surface area contributed by atoms with E-state index in [4.69, 9.17) is 9.47 Å². The minimum atomic E-state index is 0.606. The molecule has 0 radical (unpaired) electrons. The van der Waals surface area contributed by atoms with E-state index < -0.39 is 0 Å². The minimum absolute atomic E-state index is 0.606. The van der Waals surface area contributed by atoms with E-state index in [-0.39, 0.29) is 0 Å². The molecule has 2 aromatic heterocycles. The van der Waals surface area contributed by atoms with Gasteiger partial charge in [0.05, 0.1) is 31.8 Å². The van der Waals surface area contributed by atoms with Gasteiger partial charge in [-0.05, 0) is 32.4 Å². The Balaban J connectivity index is 1.59. The summed E-state index contributed by atoms with van der Waals surface area (Å²) in [5.41, 5.74) is 0.870. The van der Waals surface area contributed by atoms with Crippen molar-refractivity contribution in [3.63, 3.8) is 0 Å². The summed E-state index contributed by atoms with van der Waals surface area (Å²) in [5.74, 6) is 2.52. The predicted molar refractivity (Wildman–Crippen MR) is 101 cm³/mol. The molecule has 8 heteroatoms. The van der Waals surface area contributed by atoms with Crippen molar-refractivity contribution in [1.29, 1.82) is 0 Å². The number of hydrogen-bond donors (Lipinski definition) is 2. The molecule has 0 spiro atoms. The van der Waals surface area contributed by atoms with Crippen LogP contribution in [0.1, 0.15) is 19.3 Å². The largest absolute Gasteiger partial charge is 0.491 e. The Bertz CT molecular complexity index is 706. The van der Waals surface area contributed by atoms with Gasteiger partial charge in [-0.25, -0.2) is 4.98 Å². The van der Waals surface area contributed by atoms with Gasteiger partial charge in [-0.1, -0.05) is 0 Å². The maximum absolute atomic E-state index is 5.93. The number of aromatic nitrogens is 3. The summed E-state index contributed by atoms with van der Waals surface area (Å²) in [4.78, 5) is 6.82. The molecule has 0 aromatic carbocycles. The molecule has 0 aliphatic carbocycles. The van der Waals surface area contributed by atoms with E-state index in [1.807, 2.05) is 19.2 Å². The molecule has 26 heavy (non-hydrogen) atoms. The van der Waals surface area contributed by atoms with Crippen molar-refractivity contribution in [2.45, 2.75) is 19.3 Å². The monoisotopic (exact) mass is 358 g/mol. The first-order valence-corrected chi connectivity index (χ1v) is 8.95. The predicted octanol–water partition coefficient (Wildman–Crippen LogP) is 2.53. The van der Waals surface area contributed by atoms with Gasteiger partial charge in [-0.3, -0.25) is 0 Å². The number of nitrogens with one attached hydrogen (secondary N) is 2. The first-order chi connectivity index (χ1) is 12.8. The molecule has 0 atom stereocenters. The zero-order chi connectivity index (χ0) is 18.2. The quantitative estimate of drug-likeness (QED) is 0.662. The molecule has 1 aliphatic rings. The van der Waals surface area contributed by atoms with Gasteiger partial charge in [0.1, 0.15) is 5.82 Å². The van der Waals surface area contributed by atoms with Crippen molar-refractivity contribution < 1.29 is 9.47 Å².